The molecule has 1 heterocycles. The van der Waals surface area contributed by atoms with Crippen LogP contribution in [0.25, 0.3) is 0 Å². The van der Waals surface area contributed by atoms with E-state index in [2.05, 4.69) is 20.9 Å². The van der Waals surface area contributed by atoms with Gasteiger partial charge in [0.1, 0.15) is 5.75 Å². The first-order chi connectivity index (χ1) is 8.74. The monoisotopic (exact) mass is 306 g/mol. The van der Waals surface area contributed by atoms with Crippen molar-refractivity contribution in [3.05, 3.63) is 58.3 Å². The van der Waals surface area contributed by atoms with E-state index in [0.717, 1.165) is 21.5 Å². The van der Waals surface area contributed by atoms with Crippen molar-refractivity contribution in [2.24, 2.45) is 5.73 Å². The Balaban J connectivity index is 2.40. The molecule has 4 heteroatoms. The minimum Gasteiger partial charge on any atom is -0.494 e. The van der Waals surface area contributed by atoms with Gasteiger partial charge in [0.05, 0.1) is 18.3 Å². The fourth-order valence-corrected chi connectivity index (χ4v) is 2.30. The van der Waals surface area contributed by atoms with Gasteiger partial charge in [-0.2, -0.15) is 0 Å². The van der Waals surface area contributed by atoms with Crippen molar-refractivity contribution in [3.8, 4) is 5.75 Å². The van der Waals surface area contributed by atoms with Crippen molar-refractivity contribution >= 4 is 15.9 Å². The Labute approximate surface area is 115 Å². The van der Waals surface area contributed by atoms with Crippen LogP contribution in [0.1, 0.15) is 24.2 Å². The van der Waals surface area contributed by atoms with Crippen LogP contribution in [0.3, 0.4) is 0 Å². The van der Waals surface area contributed by atoms with Crippen molar-refractivity contribution < 1.29 is 4.74 Å². The van der Waals surface area contributed by atoms with E-state index < -0.39 is 0 Å². The second-order valence-electron chi connectivity index (χ2n) is 3.82. The number of nitrogens with zero attached hydrogens (tertiary/aromatic N) is 1. The molecule has 0 saturated heterocycles. The molecule has 2 N–H and O–H groups in total. The van der Waals surface area contributed by atoms with Crippen molar-refractivity contribution in [1.29, 1.82) is 0 Å². The summed E-state index contributed by atoms with van der Waals surface area (Å²) in [7, 11) is 0. The summed E-state index contributed by atoms with van der Waals surface area (Å²) >= 11 is 3.47. The van der Waals surface area contributed by atoms with Crippen LogP contribution in [0, 0.1) is 0 Å². The molecule has 0 aliphatic heterocycles. The number of halogens is 1. The highest BCUT2D eigenvalue weighted by atomic mass is 79.9. The normalized spacial score (nSPS) is 12.2. The summed E-state index contributed by atoms with van der Waals surface area (Å²) in [4.78, 5) is 4.33. The minimum absolute atomic E-state index is 0.302. The summed E-state index contributed by atoms with van der Waals surface area (Å²) in [6.07, 6.45) is 1.74. The third-order valence-corrected chi connectivity index (χ3v) is 3.31. The molecule has 1 aromatic heterocycles. The molecule has 94 valence electrons. The van der Waals surface area contributed by atoms with Crippen molar-refractivity contribution in [3.63, 3.8) is 0 Å². The number of para-hydroxylation sites is 1. The fraction of sp³-hybridized carbons (Fsp3) is 0.214. The smallest absolute Gasteiger partial charge is 0.124 e. The van der Waals surface area contributed by atoms with Gasteiger partial charge in [-0.15, -0.1) is 0 Å². The summed E-state index contributed by atoms with van der Waals surface area (Å²) in [5.41, 5.74) is 8.03. The lowest BCUT2D eigenvalue weighted by atomic mass is 10.0. The summed E-state index contributed by atoms with van der Waals surface area (Å²) in [6.45, 7) is 2.58. The molecule has 18 heavy (non-hydrogen) atoms. The molecule has 0 aliphatic rings. The number of hydrogen-bond donors (Lipinski definition) is 1. The second kappa shape index (κ2) is 5.98. The molecular weight excluding hydrogens is 292 g/mol. The van der Waals surface area contributed by atoms with Gasteiger partial charge in [-0.05, 0) is 41.1 Å². The fourth-order valence-electron chi connectivity index (χ4n) is 1.80. The molecule has 2 aromatic rings. The third kappa shape index (κ3) is 2.71. The van der Waals surface area contributed by atoms with Gasteiger partial charge in [-0.1, -0.05) is 18.2 Å². The zero-order valence-electron chi connectivity index (χ0n) is 10.1. The van der Waals surface area contributed by atoms with Crippen LogP contribution in [-0.4, -0.2) is 11.6 Å². The van der Waals surface area contributed by atoms with Crippen molar-refractivity contribution in [2.75, 3.05) is 6.61 Å². The lowest BCUT2D eigenvalue weighted by Crippen LogP contribution is -2.15. The standard InChI is InChI=1S/C14H15BrN2O/c1-2-18-12-8-4-3-6-10(12)13(16)14-11(15)7-5-9-17-14/h3-9,13H,2,16H2,1H3. The van der Waals surface area contributed by atoms with Crippen LogP contribution in [0.15, 0.2) is 47.1 Å². The number of benzene rings is 1. The highest BCUT2D eigenvalue weighted by Gasteiger charge is 2.17. The maximum Gasteiger partial charge on any atom is 0.124 e. The van der Waals surface area contributed by atoms with E-state index in [9.17, 15) is 0 Å². The van der Waals surface area contributed by atoms with E-state index in [1.807, 2.05) is 43.3 Å². The van der Waals surface area contributed by atoms with Crippen molar-refractivity contribution in [1.82, 2.24) is 4.98 Å². The minimum atomic E-state index is -0.302. The van der Waals surface area contributed by atoms with Gasteiger partial charge in [0.15, 0.2) is 0 Å². The summed E-state index contributed by atoms with van der Waals surface area (Å²) in [5, 5.41) is 0. The highest BCUT2D eigenvalue weighted by molar-refractivity contribution is 9.10. The predicted octanol–water partition coefficient (Wildman–Crippen LogP) is 3.29. The van der Waals surface area contributed by atoms with E-state index in [1.54, 1.807) is 6.20 Å². The number of rotatable bonds is 4. The van der Waals surface area contributed by atoms with E-state index in [4.69, 9.17) is 10.5 Å². The third-order valence-electron chi connectivity index (χ3n) is 2.64. The van der Waals surface area contributed by atoms with Gasteiger partial charge >= 0.3 is 0 Å². The Kier molecular flexibility index (Phi) is 4.33. The van der Waals surface area contributed by atoms with Crippen LogP contribution >= 0.6 is 15.9 Å². The first kappa shape index (κ1) is 13.1. The Morgan fingerprint density at radius 3 is 2.78 bits per heavy atom. The number of hydrogen-bond acceptors (Lipinski definition) is 3. The van der Waals surface area contributed by atoms with Crippen LogP contribution in [0.5, 0.6) is 5.75 Å². The van der Waals surface area contributed by atoms with Crippen LogP contribution in [0.4, 0.5) is 0 Å². The molecule has 1 unspecified atom stereocenters. The molecule has 0 fully saturated rings. The molecule has 0 radical (unpaired) electrons. The van der Waals surface area contributed by atoms with Gasteiger partial charge in [0.25, 0.3) is 0 Å². The Morgan fingerprint density at radius 2 is 2.06 bits per heavy atom. The average molecular weight is 307 g/mol. The number of nitrogens with two attached hydrogens (primary N) is 1. The molecule has 1 atom stereocenters. The van der Waals surface area contributed by atoms with Crippen molar-refractivity contribution in [2.45, 2.75) is 13.0 Å². The van der Waals surface area contributed by atoms with E-state index in [0.29, 0.717) is 6.61 Å². The number of aromatic nitrogens is 1. The van der Waals surface area contributed by atoms with E-state index in [1.165, 1.54) is 0 Å². The van der Waals surface area contributed by atoms with Gasteiger partial charge in [-0.3, -0.25) is 4.98 Å². The summed E-state index contributed by atoms with van der Waals surface area (Å²) in [6, 6.07) is 11.3. The molecule has 0 saturated carbocycles. The zero-order chi connectivity index (χ0) is 13.0. The molecule has 0 spiro atoms. The van der Waals surface area contributed by atoms with Crippen LogP contribution in [-0.2, 0) is 0 Å². The predicted molar refractivity (Wildman–Crippen MR) is 75.6 cm³/mol. The molecule has 1 aromatic carbocycles. The summed E-state index contributed by atoms with van der Waals surface area (Å²) in [5.74, 6) is 0.810. The molecule has 0 bridgehead atoms. The number of pyridine rings is 1. The average Bonchev–Trinajstić information content (AvgIpc) is 2.40. The lowest BCUT2D eigenvalue weighted by molar-refractivity contribution is 0.335. The molecule has 2 rings (SSSR count). The van der Waals surface area contributed by atoms with E-state index in [-0.39, 0.29) is 6.04 Å². The Bertz CT molecular complexity index is 531. The lowest BCUT2D eigenvalue weighted by Gasteiger charge is -2.17. The van der Waals surface area contributed by atoms with Gasteiger partial charge < -0.3 is 10.5 Å². The topological polar surface area (TPSA) is 48.1 Å². The SMILES string of the molecule is CCOc1ccccc1C(N)c1ncccc1Br. The molecule has 0 aliphatic carbocycles. The van der Waals surface area contributed by atoms with Crippen LogP contribution < -0.4 is 10.5 Å². The van der Waals surface area contributed by atoms with Gasteiger partial charge in [0.2, 0.25) is 0 Å². The largest absolute Gasteiger partial charge is 0.494 e. The molecule has 3 nitrogen and oxygen atoms in total. The summed E-state index contributed by atoms with van der Waals surface area (Å²) < 4.78 is 6.50. The second-order valence-corrected chi connectivity index (χ2v) is 4.67. The quantitative estimate of drug-likeness (QED) is 0.943. The first-order valence-electron chi connectivity index (χ1n) is 5.81. The van der Waals surface area contributed by atoms with Crippen LogP contribution in [0.2, 0.25) is 0 Å². The maximum atomic E-state index is 6.28. The van der Waals surface area contributed by atoms with Gasteiger partial charge in [-0.25, -0.2) is 0 Å². The molecule has 0 amide bonds. The maximum absolute atomic E-state index is 6.28. The van der Waals surface area contributed by atoms with E-state index >= 15 is 0 Å². The van der Waals surface area contributed by atoms with Gasteiger partial charge in [0, 0.05) is 16.2 Å². The Morgan fingerprint density at radius 1 is 1.28 bits per heavy atom. The highest BCUT2D eigenvalue weighted by Crippen LogP contribution is 2.30. The zero-order valence-corrected chi connectivity index (χ0v) is 11.7. The molecular formula is C14H15BrN2O. The first-order valence-corrected chi connectivity index (χ1v) is 6.61. The number of ether oxygens (including phenoxy) is 1. The Hall–Kier alpha value is -1.39.